The molecule has 4 saturated carbocycles. The van der Waals surface area contributed by atoms with Crippen LogP contribution in [0.2, 0.25) is 10.6 Å². The monoisotopic (exact) mass is 360 g/mol. The van der Waals surface area contributed by atoms with Crippen LogP contribution in [0.5, 0.6) is 0 Å². The molecule has 0 aromatic heterocycles. The molecule has 5 aliphatic rings. The molecular weight excluding hydrogens is 345 g/mol. The molecule has 1 spiro atoms. The van der Waals surface area contributed by atoms with Crippen LogP contribution in [0.25, 0.3) is 0 Å². The summed E-state index contributed by atoms with van der Waals surface area (Å²) in [6.07, 6.45) is 0. The van der Waals surface area contributed by atoms with Crippen LogP contribution < -0.4 is 28.6 Å². The van der Waals surface area contributed by atoms with Gasteiger partial charge < -0.3 is 24.8 Å². The van der Waals surface area contributed by atoms with Crippen LogP contribution in [0.15, 0.2) is 11.1 Å². The van der Waals surface area contributed by atoms with Crippen LogP contribution in [0, 0.1) is 22.7 Å². The molecule has 1 N–H and O–H groups in total. The molecule has 20 heavy (non-hydrogen) atoms. The number of allylic oxidation sites excluding steroid dienone is 2. The zero-order chi connectivity index (χ0) is 12.8. The maximum absolute atomic E-state index is 11.9. The molecular formula is C14H16Cl2NOSiTi. The van der Waals surface area contributed by atoms with Gasteiger partial charge >= 0.3 is 121 Å². The maximum atomic E-state index is 11.9. The first-order valence-corrected chi connectivity index (χ1v) is 9.20. The summed E-state index contributed by atoms with van der Waals surface area (Å²) in [5.41, 5.74) is 4.78. The van der Waals surface area contributed by atoms with E-state index in [1.54, 1.807) is 37.0 Å². The van der Waals surface area contributed by atoms with Crippen LogP contribution in [-0.2, 0) is 25.5 Å². The van der Waals surface area contributed by atoms with Crippen LogP contribution in [0.4, 0.5) is 0 Å². The van der Waals surface area contributed by atoms with Crippen LogP contribution in [-0.4, -0.2) is 19.5 Å². The fourth-order valence-electron chi connectivity index (χ4n) is 6.32. The predicted octanol–water partition coefficient (Wildman–Crippen LogP) is -4.42. The summed E-state index contributed by atoms with van der Waals surface area (Å²) in [6.45, 7) is 9.44. The van der Waals surface area contributed by atoms with Crippen LogP contribution in [0.1, 0.15) is 27.7 Å². The van der Waals surface area contributed by atoms with E-state index in [1.165, 1.54) is 0 Å². The molecule has 5 rings (SSSR count). The van der Waals surface area contributed by atoms with Crippen molar-refractivity contribution >= 4 is 19.5 Å². The molecule has 1 aliphatic heterocycles. The number of nitrogens with one attached hydrogen (secondary N) is 1. The summed E-state index contributed by atoms with van der Waals surface area (Å²) in [4.78, 5) is 11.9. The summed E-state index contributed by atoms with van der Waals surface area (Å²) >= 11 is 1.80. The van der Waals surface area contributed by atoms with Crippen molar-refractivity contribution in [1.29, 1.82) is 0 Å². The van der Waals surface area contributed by atoms with E-state index in [4.69, 9.17) is 0 Å². The van der Waals surface area contributed by atoms with Gasteiger partial charge in [-0.15, -0.1) is 0 Å². The van der Waals surface area contributed by atoms with E-state index in [0.717, 1.165) is 17.4 Å². The second-order valence-corrected chi connectivity index (χ2v) is 10.7. The van der Waals surface area contributed by atoms with Crippen molar-refractivity contribution in [3.63, 3.8) is 0 Å². The van der Waals surface area contributed by atoms with Gasteiger partial charge in [0.15, 0.2) is 0 Å². The van der Waals surface area contributed by atoms with E-state index >= 15 is 0 Å². The van der Waals surface area contributed by atoms with Gasteiger partial charge in [0.2, 0.25) is 0 Å². The van der Waals surface area contributed by atoms with Crippen molar-refractivity contribution in [2.45, 2.75) is 38.3 Å². The Hall–Kier alpha value is 0.591. The van der Waals surface area contributed by atoms with Crippen LogP contribution in [0.3, 0.4) is 0 Å². The first kappa shape index (κ1) is 15.5. The SMILES string of the molecule is CC1=C(C)C(C)[Si](C23C4C5(C(=O)[NH][Ti+2])C2C453)=C1C.[Cl-].[Cl-]. The third-order valence-electron chi connectivity index (χ3n) is 7.34. The van der Waals surface area contributed by atoms with Gasteiger partial charge in [-0.1, -0.05) is 0 Å². The molecule has 0 aromatic rings. The quantitative estimate of drug-likeness (QED) is 0.495. The number of amides is 1. The van der Waals surface area contributed by atoms with Crippen molar-refractivity contribution in [2.24, 2.45) is 22.7 Å². The normalized spacial score (nSPS) is 54.4. The van der Waals surface area contributed by atoms with Crippen molar-refractivity contribution in [3.8, 4) is 0 Å². The Morgan fingerprint density at radius 2 is 1.75 bits per heavy atom. The molecule has 0 bridgehead atoms. The van der Waals surface area contributed by atoms with Crippen molar-refractivity contribution in [3.05, 3.63) is 11.1 Å². The first-order chi connectivity index (χ1) is 8.48. The van der Waals surface area contributed by atoms with E-state index in [1.807, 2.05) is 0 Å². The second-order valence-electron chi connectivity index (χ2n) is 7.00. The number of hydrogen-bond acceptors (Lipinski definition) is 1. The summed E-state index contributed by atoms with van der Waals surface area (Å²) < 4.78 is 2.88. The van der Waals surface area contributed by atoms with E-state index in [9.17, 15) is 4.79 Å². The summed E-state index contributed by atoms with van der Waals surface area (Å²) in [6, 6.07) is 0. The average molecular weight is 361 g/mol. The maximum Gasteiger partial charge on any atom is -1.00 e. The van der Waals surface area contributed by atoms with Crippen molar-refractivity contribution in [2.75, 3.05) is 0 Å². The molecule has 1 amide bonds. The molecule has 0 saturated heterocycles. The van der Waals surface area contributed by atoms with Gasteiger partial charge in [0.1, 0.15) is 0 Å². The Labute approximate surface area is 145 Å². The van der Waals surface area contributed by atoms with Gasteiger partial charge in [0.25, 0.3) is 0 Å². The predicted molar refractivity (Wildman–Crippen MR) is 66.9 cm³/mol. The molecule has 105 valence electrons. The number of fused-ring (bicyclic) bond motifs is 4. The van der Waals surface area contributed by atoms with E-state index in [-0.39, 0.29) is 30.2 Å². The molecule has 1 heterocycles. The summed E-state index contributed by atoms with van der Waals surface area (Å²) in [7, 11) is -0.390. The minimum Gasteiger partial charge on any atom is -1.00 e. The minimum absolute atomic E-state index is 0. The second kappa shape index (κ2) is 3.56. The van der Waals surface area contributed by atoms with Gasteiger partial charge in [0.05, 0.1) is 0 Å². The molecule has 6 heteroatoms. The zero-order valence-corrected chi connectivity index (χ0v) is 16.0. The largest absolute Gasteiger partial charge is 1.00 e. The molecule has 0 radical (unpaired) electrons. The average Bonchev–Trinajstić information content (AvgIpc) is 3.22. The Bertz CT molecular complexity index is 644. The number of carbonyl (C=O) groups excluding carboxylic acids is 1. The summed E-state index contributed by atoms with van der Waals surface area (Å²) in [5, 5.41) is 2.43. The van der Waals surface area contributed by atoms with Gasteiger partial charge in [-0.3, -0.25) is 0 Å². The number of halogens is 2. The van der Waals surface area contributed by atoms with Gasteiger partial charge in [0, 0.05) is 0 Å². The third kappa shape index (κ3) is 0.886. The Kier molecular flexibility index (Phi) is 2.76. The number of rotatable bonds is 2. The molecule has 4 aliphatic carbocycles. The molecule has 3 unspecified atom stereocenters. The fourth-order valence-corrected chi connectivity index (χ4v) is 12.2. The van der Waals surface area contributed by atoms with Crippen molar-refractivity contribution < 1.29 is 50.3 Å². The molecule has 4 fully saturated rings. The Balaban J connectivity index is 0.000000605. The standard InChI is InChI=1S/C14H17NOSi.2ClH.Ti/c1-5-6(2)8(4)17(7(5)3)14-9-12(11(15)16)10(14)13(9,12)14;;;/h7,9-10H,1-4H3,(H2,15,16);2*1H;/q;;;+3/p-3. The van der Waals surface area contributed by atoms with Gasteiger partial charge in [-0.05, 0) is 0 Å². The minimum atomic E-state index is -0.390. The molecule has 0 aromatic carbocycles. The van der Waals surface area contributed by atoms with E-state index in [0.29, 0.717) is 16.4 Å². The number of carbonyl (C=O) groups is 1. The number of hydrogen-bond donors (Lipinski definition) is 1. The topological polar surface area (TPSA) is 29.1 Å². The zero-order valence-electron chi connectivity index (χ0n) is 11.9. The van der Waals surface area contributed by atoms with Gasteiger partial charge in [-0.2, -0.15) is 0 Å². The summed E-state index contributed by atoms with van der Waals surface area (Å²) in [5.74, 6) is 1.98. The van der Waals surface area contributed by atoms with Crippen molar-refractivity contribution in [1.82, 2.24) is 3.80 Å². The first-order valence-electron chi connectivity index (χ1n) is 6.84. The Morgan fingerprint density at radius 3 is 2.10 bits per heavy atom. The molecule has 2 nitrogen and oxygen atoms in total. The van der Waals surface area contributed by atoms with Crippen LogP contribution >= 0.6 is 0 Å². The molecule has 3 atom stereocenters. The van der Waals surface area contributed by atoms with E-state index in [2.05, 4.69) is 31.5 Å². The Morgan fingerprint density at radius 1 is 1.25 bits per heavy atom. The smallest absolute Gasteiger partial charge is 1.00 e. The van der Waals surface area contributed by atoms with E-state index < -0.39 is 8.41 Å². The fraction of sp³-hybridized carbons (Fsp3) is 0.714. The van der Waals surface area contributed by atoms with Gasteiger partial charge in [-0.25, -0.2) is 0 Å². The third-order valence-corrected chi connectivity index (χ3v) is 12.1.